The van der Waals surface area contributed by atoms with Crippen LogP contribution in [-0.4, -0.2) is 65.1 Å². The zero-order chi connectivity index (χ0) is 26.0. The predicted octanol–water partition coefficient (Wildman–Crippen LogP) is 2.69. The Labute approximate surface area is 208 Å². The maximum atomic E-state index is 13.6. The number of aliphatic hydroxyl groups excluding tert-OH is 3. The van der Waals surface area contributed by atoms with Crippen LogP contribution < -0.4 is 10.1 Å². The lowest BCUT2D eigenvalue weighted by Crippen LogP contribution is -2.53. The normalized spacial score (nSPS) is 18.7. The molecule has 0 unspecified atom stereocenters. The zero-order valence-corrected chi connectivity index (χ0v) is 19.7. The van der Waals surface area contributed by atoms with Gasteiger partial charge in [0.15, 0.2) is 11.6 Å². The van der Waals surface area contributed by atoms with Gasteiger partial charge in [-0.15, -0.1) is 6.58 Å². The van der Waals surface area contributed by atoms with Crippen LogP contribution in [0.2, 0.25) is 0 Å². The maximum Gasteiger partial charge on any atom is 0.253 e. The zero-order valence-electron chi connectivity index (χ0n) is 19.7. The second-order valence-electron chi connectivity index (χ2n) is 8.07. The van der Waals surface area contributed by atoms with Gasteiger partial charge in [0.25, 0.3) is 5.91 Å². The monoisotopic (exact) mass is 495 g/mol. The molecule has 2 aromatic rings. The third-order valence-corrected chi connectivity index (χ3v) is 5.63. The molecule has 0 fully saturated rings. The van der Waals surface area contributed by atoms with Crippen molar-refractivity contribution in [2.24, 2.45) is 10.1 Å². The van der Waals surface area contributed by atoms with E-state index in [2.05, 4.69) is 21.9 Å². The molecule has 1 aliphatic rings. The molecule has 36 heavy (non-hydrogen) atoms. The van der Waals surface area contributed by atoms with Gasteiger partial charge in [0, 0.05) is 41.2 Å². The fraction of sp³-hybridized carbons (Fsp3) is 0.360. The molecular weight excluding hydrogens is 466 g/mol. The van der Waals surface area contributed by atoms with Crippen molar-refractivity contribution < 1.29 is 29.6 Å². The van der Waals surface area contributed by atoms with Crippen LogP contribution in [0, 0.1) is 0 Å². The first-order valence-electron chi connectivity index (χ1n) is 11.4. The SMILES string of the molecule is C=CC[C@@]1(C(=O)NC(CO)CO)N=C(c2ccc(OCCCO)cc2)O[C@@H]1c1ccccc1N=[N+]=[N-]. The molecule has 11 heteroatoms. The number of ether oxygens (including phenoxy) is 2. The Bertz CT molecular complexity index is 1130. The van der Waals surface area contributed by atoms with E-state index in [1.54, 1.807) is 48.5 Å². The summed E-state index contributed by atoms with van der Waals surface area (Å²) >= 11 is 0. The van der Waals surface area contributed by atoms with Crippen LogP contribution in [0.1, 0.15) is 30.1 Å². The second-order valence-corrected chi connectivity index (χ2v) is 8.07. The Morgan fingerprint density at radius 3 is 2.61 bits per heavy atom. The molecule has 0 radical (unpaired) electrons. The Kier molecular flexibility index (Phi) is 9.43. The van der Waals surface area contributed by atoms with Crippen LogP contribution in [0.25, 0.3) is 10.4 Å². The molecule has 0 spiro atoms. The number of aliphatic imine (C=N–C) groups is 1. The molecule has 2 atom stereocenters. The fourth-order valence-corrected chi connectivity index (χ4v) is 3.82. The molecule has 0 saturated heterocycles. The molecule has 1 heterocycles. The molecule has 1 amide bonds. The van der Waals surface area contributed by atoms with Crippen molar-refractivity contribution in [2.45, 2.75) is 30.5 Å². The van der Waals surface area contributed by atoms with Crippen LogP contribution in [0.15, 0.2) is 71.3 Å². The third-order valence-electron chi connectivity index (χ3n) is 5.63. The van der Waals surface area contributed by atoms with Crippen molar-refractivity contribution in [3.8, 4) is 5.75 Å². The van der Waals surface area contributed by atoms with E-state index in [4.69, 9.17) is 25.1 Å². The van der Waals surface area contributed by atoms with Crippen molar-refractivity contribution in [1.82, 2.24) is 5.32 Å². The maximum absolute atomic E-state index is 13.6. The van der Waals surface area contributed by atoms with Gasteiger partial charge in [0.2, 0.25) is 5.90 Å². The molecule has 4 N–H and O–H groups in total. The highest BCUT2D eigenvalue weighted by Crippen LogP contribution is 2.45. The minimum absolute atomic E-state index is 0.0301. The van der Waals surface area contributed by atoms with E-state index in [-0.39, 0.29) is 24.6 Å². The van der Waals surface area contributed by atoms with E-state index in [0.29, 0.717) is 29.9 Å². The highest BCUT2D eigenvalue weighted by atomic mass is 16.5. The molecule has 0 saturated carbocycles. The lowest BCUT2D eigenvalue weighted by molar-refractivity contribution is -0.130. The minimum atomic E-state index is -1.56. The van der Waals surface area contributed by atoms with Crippen LogP contribution in [0.4, 0.5) is 5.69 Å². The molecule has 3 rings (SSSR count). The van der Waals surface area contributed by atoms with E-state index < -0.39 is 36.8 Å². The van der Waals surface area contributed by atoms with E-state index in [9.17, 15) is 15.0 Å². The number of aliphatic hydroxyl groups is 3. The van der Waals surface area contributed by atoms with Crippen molar-refractivity contribution in [1.29, 1.82) is 0 Å². The van der Waals surface area contributed by atoms with E-state index >= 15 is 0 Å². The summed E-state index contributed by atoms with van der Waals surface area (Å²) in [7, 11) is 0. The molecule has 0 aliphatic carbocycles. The topological polar surface area (TPSA) is 169 Å². The lowest BCUT2D eigenvalue weighted by atomic mass is 9.83. The average Bonchev–Trinajstić information content (AvgIpc) is 3.29. The predicted molar refractivity (Wildman–Crippen MR) is 133 cm³/mol. The summed E-state index contributed by atoms with van der Waals surface area (Å²) in [5.41, 5.74) is 8.80. The van der Waals surface area contributed by atoms with Gasteiger partial charge in [-0.05, 0) is 29.8 Å². The van der Waals surface area contributed by atoms with E-state index in [0.717, 1.165) is 0 Å². The first kappa shape index (κ1) is 26.7. The van der Waals surface area contributed by atoms with Crippen LogP contribution in [0.5, 0.6) is 5.75 Å². The standard InChI is InChI=1S/C25H29N5O6/c1-2-12-25(24(34)27-18(15-32)16-33)22(20-6-3-4-7-21(20)29-30-26)36-23(28-25)17-8-10-19(11-9-17)35-14-5-13-31/h2-4,6-11,18,22,31-33H,1,5,12-16H2,(H,27,34)/t22-,25-/m1/s1. The van der Waals surface area contributed by atoms with Gasteiger partial charge in [-0.3, -0.25) is 4.79 Å². The average molecular weight is 496 g/mol. The fourth-order valence-electron chi connectivity index (χ4n) is 3.82. The Balaban J connectivity index is 2.07. The van der Waals surface area contributed by atoms with Gasteiger partial charge in [-0.25, -0.2) is 4.99 Å². The summed E-state index contributed by atoms with van der Waals surface area (Å²) in [6.45, 7) is 3.24. The summed E-state index contributed by atoms with van der Waals surface area (Å²) in [6, 6.07) is 12.7. The number of carbonyl (C=O) groups is 1. The first-order valence-corrected chi connectivity index (χ1v) is 11.4. The van der Waals surface area contributed by atoms with Gasteiger partial charge in [-0.2, -0.15) is 0 Å². The second kappa shape index (κ2) is 12.7. The van der Waals surface area contributed by atoms with Crippen molar-refractivity contribution >= 4 is 17.5 Å². The van der Waals surface area contributed by atoms with Crippen LogP contribution in [-0.2, 0) is 9.53 Å². The molecular formula is C25H29N5O6. The van der Waals surface area contributed by atoms with E-state index in [1.165, 1.54) is 6.08 Å². The summed E-state index contributed by atoms with van der Waals surface area (Å²) < 4.78 is 11.8. The van der Waals surface area contributed by atoms with Gasteiger partial charge in [-0.1, -0.05) is 35.5 Å². The lowest BCUT2D eigenvalue weighted by Gasteiger charge is -2.31. The third kappa shape index (κ3) is 5.84. The molecule has 0 aromatic heterocycles. The quantitative estimate of drug-likeness (QED) is 0.109. The summed E-state index contributed by atoms with van der Waals surface area (Å²) in [6.07, 6.45) is 1.10. The molecule has 0 bridgehead atoms. The number of benzene rings is 2. The number of nitrogens with one attached hydrogen (secondary N) is 1. The number of hydrogen-bond donors (Lipinski definition) is 4. The van der Waals surface area contributed by atoms with Crippen molar-refractivity contribution in [3.05, 3.63) is 82.8 Å². The Morgan fingerprint density at radius 2 is 1.97 bits per heavy atom. The Morgan fingerprint density at radius 1 is 1.25 bits per heavy atom. The molecule has 190 valence electrons. The highest BCUT2D eigenvalue weighted by molar-refractivity contribution is 6.01. The smallest absolute Gasteiger partial charge is 0.253 e. The van der Waals surface area contributed by atoms with Gasteiger partial charge < -0.3 is 30.1 Å². The van der Waals surface area contributed by atoms with Crippen molar-refractivity contribution in [2.75, 3.05) is 26.4 Å². The van der Waals surface area contributed by atoms with Gasteiger partial charge in [0.1, 0.15) is 5.75 Å². The highest BCUT2D eigenvalue weighted by Gasteiger charge is 2.53. The molecule has 2 aromatic carbocycles. The number of nitrogens with zero attached hydrogens (tertiary/aromatic N) is 4. The minimum Gasteiger partial charge on any atom is -0.494 e. The number of rotatable bonds is 13. The summed E-state index contributed by atoms with van der Waals surface area (Å²) in [5, 5.41) is 34.3. The van der Waals surface area contributed by atoms with Crippen molar-refractivity contribution in [3.63, 3.8) is 0 Å². The van der Waals surface area contributed by atoms with Crippen LogP contribution >= 0.6 is 0 Å². The number of amides is 1. The molecule has 11 nitrogen and oxygen atoms in total. The Hall–Kier alpha value is -3.89. The number of hydrogen-bond acceptors (Lipinski definition) is 8. The van der Waals surface area contributed by atoms with E-state index in [1.807, 2.05) is 0 Å². The number of carbonyl (C=O) groups excluding carboxylic acids is 1. The van der Waals surface area contributed by atoms with Gasteiger partial charge >= 0.3 is 0 Å². The van der Waals surface area contributed by atoms with Crippen LogP contribution in [0.3, 0.4) is 0 Å². The number of azide groups is 1. The van der Waals surface area contributed by atoms with Gasteiger partial charge in [0.05, 0.1) is 25.9 Å². The molecule has 1 aliphatic heterocycles. The summed E-state index contributed by atoms with van der Waals surface area (Å²) in [5.74, 6) is 0.189. The first-order chi connectivity index (χ1) is 17.5. The summed E-state index contributed by atoms with van der Waals surface area (Å²) in [4.78, 5) is 21.2. The largest absolute Gasteiger partial charge is 0.494 e.